The van der Waals surface area contributed by atoms with E-state index in [4.69, 9.17) is 0 Å². The molecule has 140 valence electrons. The number of nitrogens with zero attached hydrogens (tertiary/aromatic N) is 1. The third-order valence-corrected chi connectivity index (χ3v) is 5.05. The van der Waals surface area contributed by atoms with Gasteiger partial charge < -0.3 is 5.32 Å². The average Bonchev–Trinajstić information content (AvgIpc) is 2.91. The molecule has 3 aromatic rings. The second-order valence-corrected chi connectivity index (χ2v) is 6.91. The van der Waals surface area contributed by atoms with Gasteiger partial charge in [-0.15, -0.1) is 0 Å². The van der Waals surface area contributed by atoms with E-state index in [9.17, 15) is 18.8 Å². The van der Waals surface area contributed by atoms with Crippen molar-refractivity contribution in [2.24, 2.45) is 0 Å². The van der Waals surface area contributed by atoms with Crippen LogP contribution in [0, 0.1) is 5.82 Å². The Morgan fingerprint density at radius 1 is 1.04 bits per heavy atom. The molecule has 0 bridgehead atoms. The second-order valence-electron chi connectivity index (χ2n) is 6.91. The molecule has 3 aromatic carbocycles. The van der Waals surface area contributed by atoms with E-state index in [-0.39, 0.29) is 5.56 Å². The van der Waals surface area contributed by atoms with Gasteiger partial charge in [-0.3, -0.25) is 14.5 Å². The number of benzene rings is 3. The van der Waals surface area contributed by atoms with E-state index in [0.717, 1.165) is 21.7 Å². The van der Waals surface area contributed by atoms with E-state index < -0.39 is 35.6 Å². The lowest BCUT2D eigenvalue weighted by Crippen LogP contribution is -2.41. The molecule has 0 radical (unpaired) electrons. The molecule has 1 heterocycles. The fourth-order valence-corrected chi connectivity index (χ4v) is 3.58. The summed E-state index contributed by atoms with van der Waals surface area (Å²) in [5, 5.41) is 4.51. The zero-order valence-electron chi connectivity index (χ0n) is 15.1. The SMILES string of the molecule is C[C@@]1(c2cccc3ccccc23)NC(=O)N(CC(=O)c2cccc(F)c2)C1=O. The predicted octanol–water partition coefficient (Wildman–Crippen LogP) is 3.63. The number of imide groups is 1. The fraction of sp³-hybridized carbons (Fsp3) is 0.136. The lowest BCUT2D eigenvalue weighted by Gasteiger charge is -2.24. The zero-order valence-corrected chi connectivity index (χ0v) is 15.1. The molecule has 0 spiro atoms. The highest BCUT2D eigenvalue weighted by molar-refractivity contribution is 6.12. The monoisotopic (exact) mass is 376 g/mol. The highest BCUT2D eigenvalue weighted by Crippen LogP contribution is 2.33. The Hall–Kier alpha value is -3.54. The summed E-state index contributed by atoms with van der Waals surface area (Å²) in [5.41, 5.74) is -0.524. The predicted molar refractivity (Wildman–Crippen MR) is 102 cm³/mol. The number of nitrogens with one attached hydrogen (secondary N) is 1. The summed E-state index contributed by atoms with van der Waals surface area (Å²) in [5.74, 6) is -1.58. The Balaban J connectivity index is 1.67. The maximum absolute atomic E-state index is 13.4. The lowest BCUT2D eigenvalue weighted by molar-refractivity contribution is -0.130. The van der Waals surface area contributed by atoms with E-state index in [1.54, 1.807) is 13.0 Å². The van der Waals surface area contributed by atoms with E-state index in [2.05, 4.69) is 5.32 Å². The van der Waals surface area contributed by atoms with Crippen molar-refractivity contribution in [3.05, 3.63) is 83.7 Å². The largest absolute Gasteiger partial charge is 0.325 e. The summed E-state index contributed by atoms with van der Waals surface area (Å²) >= 11 is 0. The molecule has 1 fully saturated rings. The van der Waals surface area contributed by atoms with Crippen molar-refractivity contribution >= 4 is 28.5 Å². The molecule has 1 aliphatic heterocycles. The molecule has 0 aromatic heterocycles. The van der Waals surface area contributed by atoms with E-state index in [1.165, 1.54) is 18.2 Å². The molecule has 6 heteroatoms. The van der Waals surface area contributed by atoms with Gasteiger partial charge in [0, 0.05) is 5.56 Å². The first kappa shape index (κ1) is 17.9. The maximum Gasteiger partial charge on any atom is 0.325 e. The van der Waals surface area contributed by atoms with Crippen LogP contribution in [0.5, 0.6) is 0 Å². The fourth-order valence-electron chi connectivity index (χ4n) is 3.58. The Morgan fingerprint density at radius 2 is 1.75 bits per heavy atom. The molecule has 0 aliphatic carbocycles. The Bertz CT molecular complexity index is 1120. The van der Waals surface area contributed by atoms with E-state index in [0.29, 0.717) is 5.56 Å². The molecule has 5 nitrogen and oxygen atoms in total. The minimum Gasteiger partial charge on any atom is -0.319 e. The minimum atomic E-state index is -1.29. The number of amides is 3. The zero-order chi connectivity index (χ0) is 19.9. The number of Topliss-reactive ketones (excluding diaryl/α,β-unsaturated/α-hetero) is 1. The minimum absolute atomic E-state index is 0.111. The molecule has 3 amide bonds. The first-order valence-corrected chi connectivity index (χ1v) is 8.81. The van der Waals surface area contributed by atoms with Gasteiger partial charge >= 0.3 is 6.03 Å². The van der Waals surface area contributed by atoms with Crippen LogP contribution in [0.3, 0.4) is 0 Å². The quantitative estimate of drug-likeness (QED) is 0.559. The first-order chi connectivity index (χ1) is 13.4. The van der Waals surface area contributed by atoms with Gasteiger partial charge in [-0.05, 0) is 35.4 Å². The van der Waals surface area contributed by atoms with Crippen LogP contribution >= 0.6 is 0 Å². The van der Waals surface area contributed by atoms with Crippen LogP contribution in [-0.2, 0) is 10.3 Å². The average molecular weight is 376 g/mol. The first-order valence-electron chi connectivity index (χ1n) is 8.81. The molecule has 1 saturated heterocycles. The highest BCUT2D eigenvalue weighted by Gasteiger charge is 2.50. The van der Waals surface area contributed by atoms with Gasteiger partial charge in [0.1, 0.15) is 11.4 Å². The van der Waals surface area contributed by atoms with Gasteiger partial charge in [-0.2, -0.15) is 0 Å². The van der Waals surface area contributed by atoms with Gasteiger partial charge in [0.15, 0.2) is 5.78 Å². The normalized spacial score (nSPS) is 19.1. The van der Waals surface area contributed by atoms with Gasteiger partial charge in [-0.1, -0.05) is 54.6 Å². The van der Waals surface area contributed by atoms with Crippen molar-refractivity contribution in [1.29, 1.82) is 0 Å². The van der Waals surface area contributed by atoms with Gasteiger partial charge in [0.2, 0.25) is 0 Å². The molecule has 4 rings (SSSR count). The van der Waals surface area contributed by atoms with Crippen molar-refractivity contribution < 1.29 is 18.8 Å². The van der Waals surface area contributed by atoms with Gasteiger partial charge in [0.05, 0.1) is 6.54 Å². The third kappa shape index (κ3) is 2.83. The molecule has 28 heavy (non-hydrogen) atoms. The molecule has 0 saturated carbocycles. The molecule has 1 aliphatic rings. The van der Waals surface area contributed by atoms with Crippen LogP contribution in [0.4, 0.5) is 9.18 Å². The number of halogens is 1. The molecular weight excluding hydrogens is 359 g/mol. The molecule has 1 atom stereocenters. The van der Waals surface area contributed by atoms with Crippen LogP contribution in [0.25, 0.3) is 10.8 Å². The van der Waals surface area contributed by atoms with Crippen molar-refractivity contribution in [3.8, 4) is 0 Å². The van der Waals surface area contributed by atoms with Crippen LogP contribution in [0.1, 0.15) is 22.8 Å². The molecule has 1 N–H and O–H groups in total. The van der Waals surface area contributed by atoms with Crippen molar-refractivity contribution in [2.75, 3.05) is 6.54 Å². The molecular formula is C22H17FN2O3. The number of fused-ring (bicyclic) bond motifs is 1. The standard InChI is InChI=1S/C22H17FN2O3/c1-22(18-11-5-7-14-6-2-3-10-17(14)18)20(27)25(21(28)24-22)13-19(26)15-8-4-9-16(23)12-15/h2-12H,13H2,1H3,(H,24,28)/t22-/m0/s1. The summed E-state index contributed by atoms with van der Waals surface area (Å²) in [7, 11) is 0. The van der Waals surface area contributed by atoms with E-state index in [1.807, 2.05) is 36.4 Å². The number of ketones is 1. The van der Waals surface area contributed by atoms with Crippen LogP contribution in [-0.4, -0.2) is 29.2 Å². The summed E-state index contributed by atoms with van der Waals surface area (Å²) in [6.45, 7) is 1.18. The summed E-state index contributed by atoms with van der Waals surface area (Å²) < 4.78 is 13.4. The van der Waals surface area contributed by atoms with Crippen molar-refractivity contribution in [1.82, 2.24) is 10.2 Å². The maximum atomic E-state index is 13.4. The summed E-state index contributed by atoms with van der Waals surface area (Å²) in [4.78, 5) is 39.0. The van der Waals surface area contributed by atoms with Crippen LogP contribution < -0.4 is 5.32 Å². The Labute approximate surface area is 160 Å². The van der Waals surface area contributed by atoms with Crippen LogP contribution in [0.15, 0.2) is 66.7 Å². The number of rotatable bonds is 4. The lowest BCUT2D eigenvalue weighted by atomic mass is 9.88. The summed E-state index contributed by atoms with van der Waals surface area (Å²) in [6.07, 6.45) is 0. The van der Waals surface area contributed by atoms with Gasteiger partial charge in [0.25, 0.3) is 5.91 Å². The van der Waals surface area contributed by atoms with Gasteiger partial charge in [-0.25, -0.2) is 9.18 Å². The summed E-state index contributed by atoms with van der Waals surface area (Å²) in [6, 6.07) is 17.6. The Kier molecular flexibility index (Phi) is 4.19. The molecule has 0 unspecified atom stereocenters. The highest BCUT2D eigenvalue weighted by atomic mass is 19.1. The smallest absolute Gasteiger partial charge is 0.319 e. The third-order valence-electron chi connectivity index (χ3n) is 5.05. The number of carbonyl (C=O) groups excluding carboxylic acids is 3. The van der Waals surface area contributed by atoms with E-state index >= 15 is 0 Å². The number of hydrogen-bond donors (Lipinski definition) is 1. The topological polar surface area (TPSA) is 66.5 Å². The second kappa shape index (κ2) is 6.56. The van der Waals surface area contributed by atoms with Crippen LogP contribution in [0.2, 0.25) is 0 Å². The number of urea groups is 1. The number of hydrogen-bond acceptors (Lipinski definition) is 3. The van der Waals surface area contributed by atoms with Crippen molar-refractivity contribution in [2.45, 2.75) is 12.5 Å². The Morgan fingerprint density at radius 3 is 2.54 bits per heavy atom. The number of carbonyl (C=O) groups is 3. The van der Waals surface area contributed by atoms with Crippen molar-refractivity contribution in [3.63, 3.8) is 0 Å².